The van der Waals surface area contributed by atoms with Crippen molar-refractivity contribution in [1.82, 2.24) is 14.9 Å². The van der Waals surface area contributed by atoms with Crippen LogP contribution in [-0.4, -0.2) is 26.2 Å². The van der Waals surface area contributed by atoms with Gasteiger partial charge in [0.2, 0.25) is 5.16 Å². The summed E-state index contributed by atoms with van der Waals surface area (Å²) in [5.41, 5.74) is 1.74. The minimum Gasteiger partial charge on any atom is -0.508 e. The first-order chi connectivity index (χ1) is 12.0. The third-order valence-electron chi connectivity index (χ3n) is 3.33. The van der Waals surface area contributed by atoms with E-state index >= 15 is 0 Å². The first-order valence-corrected chi connectivity index (χ1v) is 9.09. The fourth-order valence-electron chi connectivity index (χ4n) is 2.07. The van der Waals surface area contributed by atoms with E-state index < -0.39 is 0 Å². The number of phenols is 1. The van der Waals surface area contributed by atoms with Crippen LogP contribution in [0.25, 0.3) is 0 Å². The molecule has 3 aromatic rings. The van der Waals surface area contributed by atoms with E-state index in [9.17, 15) is 5.11 Å². The first kappa shape index (κ1) is 17.8. The molecular weight excluding hydrogens is 379 g/mol. The molecule has 0 aliphatic heterocycles. The number of rotatable bonds is 5. The Morgan fingerprint density at radius 1 is 1.20 bits per heavy atom. The van der Waals surface area contributed by atoms with Crippen LogP contribution in [0.5, 0.6) is 5.75 Å². The zero-order valence-corrected chi connectivity index (χ0v) is 15.6. The number of phenolic OH excluding ortho intramolecular Hbond substituents is 1. The second-order valence-electron chi connectivity index (χ2n) is 5.21. The van der Waals surface area contributed by atoms with E-state index in [1.54, 1.807) is 41.2 Å². The van der Waals surface area contributed by atoms with Crippen molar-refractivity contribution in [3.63, 3.8) is 0 Å². The van der Waals surface area contributed by atoms with Crippen LogP contribution in [0.2, 0.25) is 10.0 Å². The third kappa shape index (κ3) is 4.54. The number of aryl methyl sites for hydroxylation is 1. The Morgan fingerprint density at radius 2 is 2.04 bits per heavy atom. The zero-order valence-electron chi connectivity index (χ0n) is 13.2. The van der Waals surface area contributed by atoms with Gasteiger partial charge in [-0.05, 0) is 42.3 Å². The van der Waals surface area contributed by atoms with Gasteiger partial charge in [0.1, 0.15) is 5.75 Å². The molecule has 0 bridgehead atoms. The topological polar surface area (TPSA) is 63.3 Å². The molecule has 0 fully saturated rings. The van der Waals surface area contributed by atoms with Crippen molar-refractivity contribution in [3.8, 4) is 5.75 Å². The quantitative estimate of drug-likeness (QED) is 0.501. The van der Waals surface area contributed by atoms with Gasteiger partial charge in [0, 0.05) is 15.8 Å². The lowest BCUT2D eigenvalue weighted by Gasteiger charge is -2.05. The lowest BCUT2D eigenvalue weighted by Crippen LogP contribution is -1.96. The highest BCUT2D eigenvalue weighted by Crippen LogP contribution is 2.28. The summed E-state index contributed by atoms with van der Waals surface area (Å²) in [7, 11) is 0. The van der Waals surface area contributed by atoms with Gasteiger partial charge in [-0.25, -0.2) is 0 Å². The molecule has 0 aliphatic rings. The van der Waals surface area contributed by atoms with Crippen molar-refractivity contribution >= 4 is 41.2 Å². The predicted molar refractivity (Wildman–Crippen MR) is 102 cm³/mol. The summed E-state index contributed by atoms with van der Waals surface area (Å²) in [4.78, 5) is 0. The maximum absolute atomic E-state index is 9.52. The number of hydrogen-bond acceptors (Lipinski definition) is 5. The molecule has 25 heavy (non-hydrogen) atoms. The molecule has 0 spiro atoms. The first-order valence-electron chi connectivity index (χ1n) is 7.35. The second kappa shape index (κ2) is 7.91. The molecule has 5 nitrogen and oxygen atoms in total. The van der Waals surface area contributed by atoms with Crippen LogP contribution in [0.1, 0.15) is 17.0 Å². The van der Waals surface area contributed by atoms with E-state index in [0.29, 0.717) is 26.8 Å². The maximum atomic E-state index is 9.52. The van der Waals surface area contributed by atoms with E-state index in [-0.39, 0.29) is 5.75 Å². The number of halogens is 2. The largest absolute Gasteiger partial charge is 0.508 e. The number of thioether (sulfide) groups is 1. The predicted octanol–water partition coefficient (Wildman–Crippen LogP) is 4.77. The highest BCUT2D eigenvalue weighted by molar-refractivity contribution is 7.98. The molecule has 0 radical (unpaired) electrons. The molecule has 8 heteroatoms. The Hall–Kier alpha value is -2.02. The smallest absolute Gasteiger partial charge is 0.212 e. The standard InChI is InChI=1S/C17H14Cl2N4OS/c1-11-21-22-17(25-10-13-5-6-14(18)8-16(13)19)23(11)20-9-12-3-2-4-15(24)7-12/h2-9,24H,10H2,1H3/b20-9-. The monoisotopic (exact) mass is 392 g/mol. The van der Waals surface area contributed by atoms with Crippen LogP contribution < -0.4 is 0 Å². The van der Waals surface area contributed by atoms with Gasteiger partial charge in [-0.1, -0.05) is 53.2 Å². The van der Waals surface area contributed by atoms with Crippen LogP contribution >= 0.6 is 35.0 Å². The molecule has 0 saturated carbocycles. The highest BCUT2D eigenvalue weighted by atomic mass is 35.5. The molecule has 1 aromatic heterocycles. The summed E-state index contributed by atoms with van der Waals surface area (Å²) in [5, 5.41) is 24.0. The van der Waals surface area contributed by atoms with Gasteiger partial charge in [-0.2, -0.15) is 9.78 Å². The highest BCUT2D eigenvalue weighted by Gasteiger charge is 2.10. The lowest BCUT2D eigenvalue weighted by molar-refractivity contribution is 0.475. The number of aromatic nitrogens is 3. The summed E-state index contributed by atoms with van der Waals surface area (Å²) in [5.74, 6) is 1.48. The van der Waals surface area contributed by atoms with Gasteiger partial charge < -0.3 is 5.11 Å². The lowest BCUT2D eigenvalue weighted by atomic mass is 10.2. The second-order valence-corrected chi connectivity index (χ2v) is 6.99. The van der Waals surface area contributed by atoms with E-state index in [1.165, 1.54) is 11.8 Å². The molecule has 0 unspecified atom stereocenters. The Morgan fingerprint density at radius 3 is 2.80 bits per heavy atom. The molecule has 1 N–H and O–H groups in total. The number of hydrogen-bond donors (Lipinski definition) is 1. The molecule has 0 aliphatic carbocycles. The third-order valence-corrected chi connectivity index (χ3v) is 4.89. The summed E-state index contributed by atoms with van der Waals surface area (Å²) in [6.07, 6.45) is 1.65. The summed E-state index contributed by atoms with van der Waals surface area (Å²) >= 11 is 13.6. The summed E-state index contributed by atoms with van der Waals surface area (Å²) in [6, 6.07) is 12.3. The van der Waals surface area contributed by atoms with Crippen LogP contribution in [0.15, 0.2) is 52.7 Å². The van der Waals surface area contributed by atoms with Gasteiger partial charge in [0.05, 0.1) is 6.21 Å². The van der Waals surface area contributed by atoms with Gasteiger partial charge in [0.15, 0.2) is 5.82 Å². The molecule has 128 valence electrons. The molecule has 3 rings (SSSR count). The van der Waals surface area contributed by atoms with Crippen LogP contribution in [0.4, 0.5) is 0 Å². The van der Waals surface area contributed by atoms with Crippen molar-refractivity contribution in [1.29, 1.82) is 0 Å². The minimum atomic E-state index is 0.191. The van der Waals surface area contributed by atoms with E-state index in [4.69, 9.17) is 23.2 Å². The van der Waals surface area contributed by atoms with E-state index in [1.807, 2.05) is 19.1 Å². The number of benzene rings is 2. The summed E-state index contributed by atoms with van der Waals surface area (Å²) < 4.78 is 1.65. The fraction of sp³-hybridized carbons (Fsp3) is 0.118. The Labute approximate surface area is 159 Å². The van der Waals surface area contributed by atoms with Gasteiger partial charge in [-0.3, -0.25) is 0 Å². The average molecular weight is 393 g/mol. The molecule has 0 atom stereocenters. The number of aromatic hydroxyl groups is 1. The van der Waals surface area contributed by atoms with Crippen molar-refractivity contribution in [2.24, 2.45) is 5.10 Å². The Kier molecular flexibility index (Phi) is 5.63. The van der Waals surface area contributed by atoms with Crippen molar-refractivity contribution in [2.75, 3.05) is 0 Å². The molecular formula is C17H14Cl2N4OS. The SMILES string of the molecule is Cc1nnc(SCc2ccc(Cl)cc2Cl)n1/N=C\c1cccc(O)c1. The maximum Gasteiger partial charge on any atom is 0.212 e. The van der Waals surface area contributed by atoms with Crippen molar-refractivity contribution < 1.29 is 5.11 Å². The van der Waals surface area contributed by atoms with E-state index in [2.05, 4.69) is 15.3 Å². The Balaban J connectivity index is 1.77. The Bertz CT molecular complexity index is 927. The molecule has 0 amide bonds. The molecule has 2 aromatic carbocycles. The normalized spacial score (nSPS) is 11.3. The summed E-state index contributed by atoms with van der Waals surface area (Å²) in [6.45, 7) is 1.83. The average Bonchev–Trinajstić information content (AvgIpc) is 2.92. The molecule has 0 saturated heterocycles. The van der Waals surface area contributed by atoms with Crippen LogP contribution in [-0.2, 0) is 5.75 Å². The zero-order chi connectivity index (χ0) is 17.8. The van der Waals surface area contributed by atoms with Gasteiger partial charge in [0.25, 0.3) is 0 Å². The fourth-order valence-corrected chi connectivity index (χ4v) is 3.56. The number of nitrogens with zero attached hydrogens (tertiary/aromatic N) is 4. The molecule has 1 heterocycles. The van der Waals surface area contributed by atoms with Crippen molar-refractivity contribution in [3.05, 3.63) is 69.5 Å². The van der Waals surface area contributed by atoms with Gasteiger partial charge >= 0.3 is 0 Å². The van der Waals surface area contributed by atoms with Crippen LogP contribution in [0.3, 0.4) is 0 Å². The van der Waals surface area contributed by atoms with E-state index in [0.717, 1.165) is 11.1 Å². The minimum absolute atomic E-state index is 0.191. The van der Waals surface area contributed by atoms with Crippen LogP contribution in [0, 0.1) is 6.92 Å². The van der Waals surface area contributed by atoms with Crippen molar-refractivity contribution in [2.45, 2.75) is 17.8 Å². The van der Waals surface area contributed by atoms with Gasteiger partial charge in [-0.15, -0.1) is 10.2 Å².